The maximum atomic E-state index is 3.65. The Bertz CT molecular complexity index is 510. The third-order valence-electron chi connectivity index (χ3n) is 3.22. The van der Waals surface area contributed by atoms with Crippen LogP contribution in [0.5, 0.6) is 0 Å². The molecule has 1 unspecified atom stereocenters. The Kier molecular flexibility index (Phi) is 4.60. The molecule has 98 valence electrons. The lowest BCUT2D eigenvalue weighted by Crippen LogP contribution is -2.22. The van der Waals surface area contributed by atoms with E-state index >= 15 is 0 Å². The average molecular weight is 279 g/mol. The quantitative estimate of drug-likeness (QED) is 0.837. The van der Waals surface area contributed by atoms with Crippen molar-refractivity contribution < 1.29 is 0 Å². The van der Waals surface area contributed by atoms with E-state index in [4.69, 9.17) is 0 Å². The van der Waals surface area contributed by atoms with Gasteiger partial charge < -0.3 is 5.32 Å². The van der Waals surface area contributed by atoms with Crippen molar-refractivity contribution in [2.75, 3.05) is 6.54 Å². The predicted molar refractivity (Wildman–Crippen MR) is 83.0 cm³/mol. The lowest BCUT2D eigenvalue weighted by atomic mass is 10.0. The molecule has 18 heavy (non-hydrogen) atoms. The van der Waals surface area contributed by atoms with Gasteiger partial charge in [-0.1, -0.05) is 13.8 Å². The van der Waals surface area contributed by atoms with E-state index in [1.54, 1.807) is 0 Å². The van der Waals surface area contributed by atoms with E-state index in [1.807, 2.05) is 22.7 Å². The second-order valence-corrected chi connectivity index (χ2v) is 6.93. The van der Waals surface area contributed by atoms with Gasteiger partial charge in [-0.25, -0.2) is 0 Å². The number of nitrogens with one attached hydrogen (secondary N) is 1. The van der Waals surface area contributed by atoms with E-state index in [9.17, 15) is 0 Å². The molecule has 2 rings (SSSR count). The molecule has 0 fully saturated rings. The molecule has 0 aromatic carbocycles. The Morgan fingerprint density at radius 3 is 2.61 bits per heavy atom. The Hall–Kier alpha value is -0.640. The van der Waals surface area contributed by atoms with Crippen LogP contribution in [0.2, 0.25) is 0 Å². The summed E-state index contributed by atoms with van der Waals surface area (Å²) in [5.41, 5.74) is 2.94. The molecule has 0 amide bonds. The van der Waals surface area contributed by atoms with Crippen molar-refractivity contribution in [2.45, 2.75) is 40.2 Å². The zero-order valence-electron chi connectivity index (χ0n) is 11.5. The predicted octanol–water partition coefficient (Wildman–Crippen LogP) is 4.69. The molecule has 3 heteroatoms. The second-order valence-electron chi connectivity index (χ2n) is 4.52. The largest absolute Gasteiger partial charge is 0.306 e. The van der Waals surface area contributed by atoms with Crippen LogP contribution in [0, 0.1) is 13.8 Å². The normalized spacial score (nSPS) is 12.9. The van der Waals surface area contributed by atoms with E-state index in [0.29, 0.717) is 6.04 Å². The van der Waals surface area contributed by atoms with E-state index < -0.39 is 0 Å². The van der Waals surface area contributed by atoms with Crippen molar-refractivity contribution in [3.05, 3.63) is 43.3 Å². The molecule has 1 atom stereocenters. The number of hydrogen-bond donors (Lipinski definition) is 1. The van der Waals surface area contributed by atoms with Gasteiger partial charge in [-0.2, -0.15) is 0 Å². The van der Waals surface area contributed by atoms with E-state index in [-0.39, 0.29) is 0 Å². The van der Waals surface area contributed by atoms with Crippen LogP contribution < -0.4 is 5.32 Å². The molecule has 1 nitrogen and oxygen atoms in total. The Labute approximate surface area is 118 Å². The molecule has 0 aliphatic rings. The highest BCUT2D eigenvalue weighted by Gasteiger charge is 2.20. The lowest BCUT2D eigenvalue weighted by Gasteiger charge is -2.18. The molecule has 0 radical (unpaired) electrons. The molecule has 2 aromatic rings. The van der Waals surface area contributed by atoms with Gasteiger partial charge in [-0.15, -0.1) is 22.7 Å². The lowest BCUT2D eigenvalue weighted by molar-refractivity contribution is 0.634. The van der Waals surface area contributed by atoms with Crippen molar-refractivity contribution in [1.29, 1.82) is 0 Å². The molecule has 0 aliphatic heterocycles. The summed E-state index contributed by atoms with van der Waals surface area (Å²) in [4.78, 5) is 4.33. The first-order valence-corrected chi connectivity index (χ1v) is 8.23. The van der Waals surface area contributed by atoms with Crippen LogP contribution in [0.25, 0.3) is 0 Å². The molecule has 0 saturated heterocycles. The Morgan fingerprint density at radius 1 is 1.28 bits per heavy atom. The maximum absolute atomic E-state index is 3.65. The molecule has 0 spiro atoms. The van der Waals surface area contributed by atoms with Crippen LogP contribution in [0.4, 0.5) is 0 Å². The fraction of sp³-hybridized carbons (Fsp3) is 0.467. The standard InChI is InChI=1S/C15H21NS2/c1-5-12-7-8-17-15(12)14(16-6-2)13-9-10(3)18-11(13)4/h7-9,14,16H,5-6H2,1-4H3. The minimum absolute atomic E-state index is 0.370. The zero-order chi connectivity index (χ0) is 13.1. The van der Waals surface area contributed by atoms with Crippen LogP contribution in [0.1, 0.15) is 45.6 Å². The summed E-state index contributed by atoms with van der Waals surface area (Å²) >= 11 is 3.78. The van der Waals surface area contributed by atoms with Gasteiger partial charge in [0, 0.05) is 14.6 Å². The molecule has 0 aliphatic carbocycles. The van der Waals surface area contributed by atoms with Gasteiger partial charge in [0.2, 0.25) is 0 Å². The van der Waals surface area contributed by atoms with E-state index in [0.717, 1.165) is 13.0 Å². The molecule has 1 N–H and O–H groups in total. The van der Waals surface area contributed by atoms with Gasteiger partial charge in [0.15, 0.2) is 0 Å². The van der Waals surface area contributed by atoms with Crippen molar-refractivity contribution in [2.24, 2.45) is 0 Å². The summed E-state index contributed by atoms with van der Waals surface area (Å²) in [7, 11) is 0. The van der Waals surface area contributed by atoms with E-state index in [2.05, 4.69) is 50.5 Å². The highest BCUT2D eigenvalue weighted by molar-refractivity contribution is 7.12. The second kappa shape index (κ2) is 6.00. The van der Waals surface area contributed by atoms with Gasteiger partial charge in [0.05, 0.1) is 6.04 Å². The van der Waals surface area contributed by atoms with E-state index in [1.165, 1.54) is 25.8 Å². The molecule has 2 aromatic heterocycles. The van der Waals surface area contributed by atoms with Crippen LogP contribution in [-0.4, -0.2) is 6.54 Å². The summed E-state index contributed by atoms with van der Waals surface area (Å²) in [5, 5.41) is 5.86. The molecule has 0 saturated carbocycles. The number of thiophene rings is 2. The van der Waals surface area contributed by atoms with Gasteiger partial charge in [-0.05, 0) is 55.5 Å². The zero-order valence-corrected chi connectivity index (χ0v) is 13.2. The SMILES string of the molecule is CCNC(c1cc(C)sc1C)c1sccc1CC. The monoisotopic (exact) mass is 279 g/mol. The number of aryl methyl sites for hydroxylation is 3. The first-order valence-electron chi connectivity index (χ1n) is 6.53. The van der Waals surface area contributed by atoms with Gasteiger partial charge in [0.1, 0.15) is 0 Å². The highest BCUT2D eigenvalue weighted by atomic mass is 32.1. The van der Waals surface area contributed by atoms with Gasteiger partial charge >= 0.3 is 0 Å². The van der Waals surface area contributed by atoms with Crippen molar-refractivity contribution in [3.63, 3.8) is 0 Å². The van der Waals surface area contributed by atoms with Gasteiger partial charge in [0.25, 0.3) is 0 Å². The molecular weight excluding hydrogens is 258 g/mol. The molecular formula is C15H21NS2. The van der Waals surface area contributed by atoms with Crippen molar-refractivity contribution in [1.82, 2.24) is 5.32 Å². The maximum Gasteiger partial charge on any atom is 0.0684 e. The Balaban J connectivity index is 2.42. The van der Waals surface area contributed by atoms with Crippen LogP contribution in [-0.2, 0) is 6.42 Å². The summed E-state index contributed by atoms with van der Waals surface area (Å²) < 4.78 is 0. The van der Waals surface area contributed by atoms with Crippen LogP contribution in [0.15, 0.2) is 17.5 Å². The number of rotatable bonds is 5. The third kappa shape index (κ3) is 2.68. The summed E-state index contributed by atoms with van der Waals surface area (Å²) in [6, 6.07) is 4.97. The first-order chi connectivity index (χ1) is 8.67. The van der Waals surface area contributed by atoms with Crippen molar-refractivity contribution >= 4 is 22.7 Å². The topological polar surface area (TPSA) is 12.0 Å². The van der Waals surface area contributed by atoms with Crippen LogP contribution in [0.3, 0.4) is 0 Å². The van der Waals surface area contributed by atoms with Crippen LogP contribution >= 0.6 is 22.7 Å². The fourth-order valence-corrected chi connectivity index (χ4v) is 4.43. The number of hydrogen-bond acceptors (Lipinski definition) is 3. The first kappa shape index (κ1) is 13.8. The summed E-state index contributed by atoms with van der Waals surface area (Å²) in [6.45, 7) is 9.84. The fourth-order valence-electron chi connectivity index (χ4n) is 2.38. The summed E-state index contributed by atoms with van der Waals surface area (Å²) in [5.74, 6) is 0. The van der Waals surface area contributed by atoms with Gasteiger partial charge in [-0.3, -0.25) is 0 Å². The highest BCUT2D eigenvalue weighted by Crippen LogP contribution is 2.35. The van der Waals surface area contributed by atoms with Crippen molar-refractivity contribution in [3.8, 4) is 0 Å². The smallest absolute Gasteiger partial charge is 0.0684 e. The summed E-state index contributed by atoms with van der Waals surface area (Å²) in [6.07, 6.45) is 1.11. The molecule has 0 bridgehead atoms. The minimum Gasteiger partial charge on any atom is -0.306 e. The Morgan fingerprint density at radius 2 is 2.06 bits per heavy atom. The third-order valence-corrected chi connectivity index (χ3v) is 5.23. The molecule has 2 heterocycles. The average Bonchev–Trinajstić information content (AvgIpc) is 2.92. The minimum atomic E-state index is 0.370.